The van der Waals surface area contributed by atoms with E-state index in [4.69, 9.17) is 9.84 Å². The Morgan fingerprint density at radius 2 is 1.92 bits per heavy atom. The summed E-state index contributed by atoms with van der Waals surface area (Å²) in [6, 6.07) is 15.8. The lowest BCUT2D eigenvalue weighted by molar-refractivity contribution is -0.121. The van der Waals surface area contributed by atoms with Gasteiger partial charge in [0.1, 0.15) is 5.75 Å². The van der Waals surface area contributed by atoms with Gasteiger partial charge in [-0.05, 0) is 54.8 Å². The largest absolute Gasteiger partial charge is 0.497 e. The smallest absolute Gasteiger partial charge is 0.220 e. The Balaban J connectivity index is 1.90. The van der Waals surface area contributed by atoms with Crippen molar-refractivity contribution in [3.05, 3.63) is 54.1 Å². The number of benzene rings is 2. The summed E-state index contributed by atoms with van der Waals surface area (Å²) in [5, 5.41) is 13.0. The third kappa shape index (κ3) is 3.89. The number of aliphatic hydroxyl groups excluding tert-OH is 1. The SMILES string of the molecule is COc1ccc(-c2[nH]c3ccccc3c2CCC(=O)NC(C)CO)cc1. The van der Waals surface area contributed by atoms with E-state index in [9.17, 15) is 4.79 Å². The number of ether oxygens (including phenoxy) is 1. The van der Waals surface area contributed by atoms with Crippen molar-refractivity contribution in [2.45, 2.75) is 25.8 Å². The van der Waals surface area contributed by atoms with E-state index in [1.165, 1.54) is 0 Å². The molecule has 5 nitrogen and oxygen atoms in total. The van der Waals surface area contributed by atoms with Crippen LogP contribution >= 0.6 is 0 Å². The van der Waals surface area contributed by atoms with Crippen molar-refractivity contribution in [1.29, 1.82) is 0 Å². The Bertz CT molecular complexity index is 884. The van der Waals surface area contributed by atoms with E-state index in [-0.39, 0.29) is 18.6 Å². The van der Waals surface area contributed by atoms with Gasteiger partial charge >= 0.3 is 0 Å². The molecular formula is C21H24N2O3. The molecule has 0 aliphatic rings. The van der Waals surface area contributed by atoms with Gasteiger partial charge in [-0.25, -0.2) is 0 Å². The maximum absolute atomic E-state index is 12.1. The van der Waals surface area contributed by atoms with Crippen LogP contribution in [0, 0.1) is 0 Å². The van der Waals surface area contributed by atoms with Crippen LogP contribution in [0.3, 0.4) is 0 Å². The zero-order valence-electron chi connectivity index (χ0n) is 15.1. The van der Waals surface area contributed by atoms with Crippen LogP contribution in [0.5, 0.6) is 5.75 Å². The lowest BCUT2D eigenvalue weighted by Gasteiger charge is -2.11. The number of aryl methyl sites for hydroxylation is 1. The second kappa shape index (κ2) is 8.06. The van der Waals surface area contributed by atoms with E-state index >= 15 is 0 Å². The average molecular weight is 352 g/mol. The highest BCUT2D eigenvalue weighted by Gasteiger charge is 2.15. The second-order valence-electron chi connectivity index (χ2n) is 6.40. The van der Waals surface area contributed by atoms with Crippen molar-refractivity contribution in [1.82, 2.24) is 10.3 Å². The number of para-hydroxylation sites is 1. The Morgan fingerprint density at radius 3 is 2.62 bits per heavy atom. The maximum atomic E-state index is 12.1. The van der Waals surface area contributed by atoms with Crippen molar-refractivity contribution in [3.63, 3.8) is 0 Å². The molecule has 3 rings (SSSR count). The standard InChI is InChI=1S/C21H24N2O3/c1-14(13-24)22-20(25)12-11-18-17-5-3-4-6-19(17)23-21(18)15-7-9-16(26-2)10-8-15/h3-10,14,23-24H,11-13H2,1-2H3,(H,22,25). The highest BCUT2D eigenvalue weighted by Crippen LogP contribution is 2.32. The quantitative estimate of drug-likeness (QED) is 0.611. The normalized spacial score (nSPS) is 12.1. The number of rotatable bonds is 7. The van der Waals surface area contributed by atoms with Crippen LogP contribution in [0.2, 0.25) is 0 Å². The highest BCUT2D eigenvalue weighted by molar-refractivity contribution is 5.91. The van der Waals surface area contributed by atoms with Crippen LogP contribution in [-0.2, 0) is 11.2 Å². The van der Waals surface area contributed by atoms with Gasteiger partial charge in [-0.2, -0.15) is 0 Å². The van der Waals surface area contributed by atoms with Gasteiger partial charge in [0.2, 0.25) is 5.91 Å². The zero-order valence-corrected chi connectivity index (χ0v) is 15.1. The first-order chi connectivity index (χ1) is 12.6. The number of carbonyl (C=O) groups excluding carboxylic acids is 1. The molecule has 1 amide bonds. The van der Waals surface area contributed by atoms with Gasteiger partial charge in [0.05, 0.1) is 13.7 Å². The summed E-state index contributed by atoms with van der Waals surface area (Å²) in [6.07, 6.45) is 0.991. The van der Waals surface area contributed by atoms with Crippen LogP contribution in [0.25, 0.3) is 22.2 Å². The first-order valence-corrected chi connectivity index (χ1v) is 8.76. The molecule has 0 saturated heterocycles. The van der Waals surface area contributed by atoms with E-state index in [0.717, 1.165) is 33.5 Å². The topological polar surface area (TPSA) is 74.4 Å². The number of hydrogen-bond donors (Lipinski definition) is 3. The predicted octanol–water partition coefficient (Wildman–Crippen LogP) is 3.27. The van der Waals surface area contributed by atoms with Crippen LogP contribution in [0.4, 0.5) is 0 Å². The summed E-state index contributed by atoms with van der Waals surface area (Å²) in [4.78, 5) is 15.6. The van der Waals surface area contributed by atoms with Crippen molar-refractivity contribution in [3.8, 4) is 17.0 Å². The fourth-order valence-electron chi connectivity index (χ4n) is 3.09. The molecule has 0 aliphatic carbocycles. The van der Waals surface area contributed by atoms with Gasteiger partial charge in [-0.3, -0.25) is 4.79 Å². The Hall–Kier alpha value is -2.79. The number of carbonyl (C=O) groups is 1. The van der Waals surface area contributed by atoms with Gasteiger partial charge in [-0.15, -0.1) is 0 Å². The maximum Gasteiger partial charge on any atom is 0.220 e. The number of aliphatic hydroxyl groups is 1. The van der Waals surface area contributed by atoms with E-state index in [1.807, 2.05) is 42.5 Å². The first kappa shape index (κ1) is 18.0. The number of fused-ring (bicyclic) bond motifs is 1. The lowest BCUT2D eigenvalue weighted by Crippen LogP contribution is -2.35. The molecule has 3 aromatic rings. The molecular weight excluding hydrogens is 328 g/mol. The van der Waals surface area contributed by atoms with Crippen molar-refractivity contribution >= 4 is 16.8 Å². The molecule has 5 heteroatoms. The molecule has 1 aromatic heterocycles. The van der Waals surface area contributed by atoms with E-state index < -0.39 is 0 Å². The average Bonchev–Trinajstić information content (AvgIpc) is 3.05. The van der Waals surface area contributed by atoms with Crippen LogP contribution < -0.4 is 10.1 Å². The van der Waals surface area contributed by atoms with Crippen LogP contribution in [-0.4, -0.2) is 35.8 Å². The van der Waals surface area contributed by atoms with Gasteiger partial charge in [0, 0.05) is 29.1 Å². The molecule has 136 valence electrons. The monoisotopic (exact) mass is 352 g/mol. The summed E-state index contributed by atoms with van der Waals surface area (Å²) in [5.41, 5.74) is 4.26. The second-order valence-corrected chi connectivity index (χ2v) is 6.40. The third-order valence-electron chi connectivity index (χ3n) is 4.48. The molecule has 0 bridgehead atoms. The van der Waals surface area contributed by atoms with Gasteiger partial charge in [0.25, 0.3) is 0 Å². The van der Waals surface area contributed by atoms with E-state index in [1.54, 1.807) is 14.0 Å². The molecule has 1 unspecified atom stereocenters. The van der Waals surface area contributed by atoms with Crippen molar-refractivity contribution < 1.29 is 14.6 Å². The molecule has 2 aromatic carbocycles. The number of hydrogen-bond acceptors (Lipinski definition) is 3. The van der Waals surface area contributed by atoms with Crippen molar-refractivity contribution in [2.75, 3.05) is 13.7 Å². The molecule has 0 radical (unpaired) electrons. The van der Waals surface area contributed by atoms with Gasteiger partial charge in [-0.1, -0.05) is 18.2 Å². The van der Waals surface area contributed by atoms with E-state index in [0.29, 0.717) is 12.8 Å². The minimum Gasteiger partial charge on any atom is -0.497 e. The summed E-state index contributed by atoms with van der Waals surface area (Å²) in [5.74, 6) is 0.751. The van der Waals surface area contributed by atoms with Crippen molar-refractivity contribution in [2.24, 2.45) is 0 Å². The minimum absolute atomic E-state index is 0.0579. The minimum atomic E-state index is -0.230. The summed E-state index contributed by atoms with van der Waals surface area (Å²) in [6.45, 7) is 1.72. The summed E-state index contributed by atoms with van der Waals surface area (Å²) in [7, 11) is 1.65. The van der Waals surface area contributed by atoms with Gasteiger partial charge < -0.3 is 20.1 Å². The number of H-pyrrole nitrogens is 1. The molecule has 0 spiro atoms. The first-order valence-electron chi connectivity index (χ1n) is 8.76. The summed E-state index contributed by atoms with van der Waals surface area (Å²) < 4.78 is 5.24. The number of amides is 1. The zero-order chi connectivity index (χ0) is 18.5. The number of aromatic amines is 1. The third-order valence-corrected chi connectivity index (χ3v) is 4.48. The predicted molar refractivity (Wildman–Crippen MR) is 103 cm³/mol. The van der Waals surface area contributed by atoms with Crippen LogP contribution in [0.15, 0.2) is 48.5 Å². The Kier molecular flexibility index (Phi) is 5.58. The fourth-order valence-corrected chi connectivity index (χ4v) is 3.09. The molecule has 0 saturated carbocycles. The fraction of sp³-hybridized carbons (Fsp3) is 0.286. The molecule has 0 aliphatic heterocycles. The lowest BCUT2D eigenvalue weighted by atomic mass is 10.0. The highest BCUT2D eigenvalue weighted by atomic mass is 16.5. The molecule has 26 heavy (non-hydrogen) atoms. The molecule has 0 fully saturated rings. The number of aromatic nitrogens is 1. The Morgan fingerprint density at radius 1 is 1.19 bits per heavy atom. The molecule has 3 N–H and O–H groups in total. The number of methoxy groups -OCH3 is 1. The Labute approximate surface area is 153 Å². The van der Waals surface area contributed by atoms with Crippen LogP contribution in [0.1, 0.15) is 18.9 Å². The summed E-state index contributed by atoms with van der Waals surface area (Å²) >= 11 is 0. The molecule has 1 heterocycles. The van der Waals surface area contributed by atoms with Gasteiger partial charge in [0.15, 0.2) is 0 Å². The van der Waals surface area contributed by atoms with E-state index in [2.05, 4.69) is 16.4 Å². The molecule has 1 atom stereocenters. The number of nitrogens with one attached hydrogen (secondary N) is 2.